The molecule has 2 amide bonds. The maximum Gasteiger partial charge on any atom is 0.407 e. The van der Waals surface area contributed by atoms with Gasteiger partial charge in [-0.1, -0.05) is 42.5 Å². The maximum absolute atomic E-state index is 13.3. The van der Waals surface area contributed by atoms with E-state index in [2.05, 4.69) is 32.1 Å². The van der Waals surface area contributed by atoms with Gasteiger partial charge in [-0.2, -0.15) is 0 Å². The summed E-state index contributed by atoms with van der Waals surface area (Å²) in [5.74, 6) is -0.653. The Bertz CT molecular complexity index is 1300. The minimum Gasteiger partial charge on any atom is -0.444 e. The summed E-state index contributed by atoms with van der Waals surface area (Å²) in [6.07, 6.45) is 0.498. The second kappa shape index (κ2) is 20.3. The zero-order valence-corrected chi connectivity index (χ0v) is 28.5. The first-order chi connectivity index (χ1) is 22.3. The SMILES string of the molecule is CN[C@@H](C)C(=O)CCN[C@@H](C)C(=O)CC(=O)[C@H](Cc1ccccc1)NNCc1ccc(C(=O)NCCCNC(=O)OC(C)(C)C)cc1. The number of likely N-dealkylation sites (N-methyl/N-ethyl adjacent to an activating group) is 1. The highest BCUT2D eigenvalue weighted by molar-refractivity contribution is 6.03. The fraction of sp³-hybridized carbons (Fsp3) is 0.514. The molecule has 0 unspecified atom stereocenters. The molecule has 3 atom stereocenters. The van der Waals surface area contributed by atoms with Crippen LogP contribution in [0, 0.1) is 0 Å². The first-order valence-electron chi connectivity index (χ1n) is 16.1. The molecule has 0 heterocycles. The second-order valence-electron chi connectivity index (χ2n) is 12.5. The molecular weight excluding hydrogens is 600 g/mol. The number of hydrazine groups is 1. The number of Topliss-reactive ketones (excluding diaryl/α,β-unsaturated/α-hetero) is 3. The molecule has 0 radical (unpaired) electrons. The first kappa shape index (κ1) is 39.2. The number of hydrogen-bond donors (Lipinski definition) is 6. The molecule has 2 aromatic carbocycles. The van der Waals surface area contributed by atoms with Crippen LogP contribution in [-0.2, 0) is 32.1 Å². The predicted octanol–water partition coefficient (Wildman–Crippen LogP) is 2.61. The fourth-order valence-electron chi connectivity index (χ4n) is 4.39. The smallest absolute Gasteiger partial charge is 0.407 e. The lowest BCUT2D eigenvalue weighted by Crippen LogP contribution is -2.48. The van der Waals surface area contributed by atoms with Crippen LogP contribution in [-0.4, -0.2) is 79.8 Å². The maximum atomic E-state index is 13.3. The molecular formula is C35H52N6O6. The van der Waals surface area contributed by atoms with Crippen LogP contribution in [0.5, 0.6) is 0 Å². The Balaban J connectivity index is 1.84. The number of nitrogens with one attached hydrogen (secondary N) is 6. The van der Waals surface area contributed by atoms with Gasteiger partial charge in [0.2, 0.25) is 0 Å². The molecule has 12 heteroatoms. The lowest BCUT2D eigenvalue weighted by atomic mass is 9.98. The quantitative estimate of drug-likeness (QED) is 0.0671. The van der Waals surface area contributed by atoms with Gasteiger partial charge in [0.25, 0.3) is 5.91 Å². The molecule has 0 bridgehead atoms. The van der Waals surface area contributed by atoms with Crippen LogP contribution in [0.4, 0.5) is 4.79 Å². The van der Waals surface area contributed by atoms with Gasteiger partial charge in [0.15, 0.2) is 17.3 Å². The van der Waals surface area contributed by atoms with Gasteiger partial charge in [0.05, 0.1) is 24.5 Å². The molecule has 0 aromatic heterocycles. The minimum absolute atomic E-state index is 0.0494. The minimum atomic E-state index is -0.651. The number of alkyl carbamates (subject to hydrolysis) is 1. The fourth-order valence-corrected chi connectivity index (χ4v) is 4.39. The average molecular weight is 653 g/mol. The summed E-state index contributed by atoms with van der Waals surface area (Å²) in [5, 5.41) is 11.5. The highest BCUT2D eigenvalue weighted by Crippen LogP contribution is 2.09. The van der Waals surface area contributed by atoms with Crippen LogP contribution >= 0.6 is 0 Å². The van der Waals surface area contributed by atoms with Crippen molar-refractivity contribution >= 4 is 29.4 Å². The molecule has 0 aliphatic carbocycles. The highest BCUT2D eigenvalue weighted by Gasteiger charge is 2.24. The Morgan fingerprint density at radius 2 is 1.43 bits per heavy atom. The van der Waals surface area contributed by atoms with Crippen molar-refractivity contribution < 1.29 is 28.7 Å². The monoisotopic (exact) mass is 652 g/mol. The van der Waals surface area contributed by atoms with E-state index in [0.717, 1.165) is 11.1 Å². The molecule has 0 aliphatic heterocycles. The summed E-state index contributed by atoms with van der Waals surface area (Å²) in [4.78, 5) is 62.4. The number of carbonyl (C=O) groups excluding carboxylic acids is 5. The summed E-state index contributed by atoms with van der Waals surface area (Å²) in [6.45, 7) is 10.4. The van der Waals surface area contributed by atoms with Crippen molar-refractivity contribution in [2.24, 2.45) is 0 Å². The zero-order valence-electron chi connectivity index (χ0n) is 28.5. The van der Waals surface area contributed by atoms with Crippen molar-refractivity contribution in [2.75, 3.05) is 26.7 Å². The molecule has 0 aliphatic rings. The van der Waals surface area contributed by atoms with Crippen LogP contribution in [0.1, 0.15) is 75.4 Å². The van der Waals surface area contributed by atoms with Gasteiger partial charge in [0, 0.05) is 38.2 Å². The van der Waals surface area contributed by atoms with Crippen LogP contribution in [0.25, 0.3) is 0 Å². The van der Waals surface area contributed by atoms with Crippen LogP contribution < -0.4 is 32.1 Å². The van der Waals surface area contributed by atoms with Crippen molar-refractivity contribution in [2.45, 2.75) is 90.6 Å². The summed E-state index contributed by atoms with van der Waals surface area (Å²) < 4.78 is 5.19. The van der Waals surface area contributed by atoms with E-state index in [1.165, 1.54) is 0 Å². The van der Waals surface area contributed by atoms with E-state index in [0.29, 0.717) is 44.6 Å². The number of ether oxygens (including phenoxy) is 1. The molecule has 0 saturated carbocycles. The molecule has 6 N–H and O–H groups in total. The molecule has 12 nitrogen and oxygen atoms in total. The lowest BCUT2D eigenvalue weighted by molar-refractivity contribution is -0.129. The number of rotatable bonds is 21. The Morgan fingerprint density at radius 1 is 0.766 bits per heavy atom. The van der Waals surface area contributed by atoms with E-state index in [4.69, 9.17) is 4.74 Å². The van der Waals surface area contributed by atoms with E-state index in [9.17, 15) is 24.0 Å². The van der Waals surface area contributed by atoms with E-state index in [-0.39, 0.29) is 42.1 Å². The normalized spacial score (nSPS) is 13.2. The van der Waals surface area contributed by atoms with Crippen LogP contribution in [0.2, 0.25) is 0 Å². The number of ketones is 3. The van der Waals surface area contributed by atoms with Gasteiger partial charge in [-0.3, -0.25) is 24.6 Å². The third-order valence-corrected chi connectivity index (χ3v) is 7.33. The van der Waals surface area contributed by atoms with Crippen LogP contribution in [0.3, 0.4) is 0 Å². The van der Waals surface area contributed by atoms with E-state index < -0.39 is 23.8 Å². The zero-order chi connectivity index (χ0) is 34.8. The van der Waals surface area contributed by atoms with E-state index >= 15 is 0 Å². The Labute approximate surface area is 278 Å². The summed E-state index contributed by atoms with van der Waals surface area (Å²) in [5.41, 5.74) is 7.97. The molecule has 0 spiro atoms. The largest absolute Gasteiger partial charge is 0.444 e. The van der Waals surface area contributed by atoms with E-state index in [1.807, 2.05) is 42.5 Å². The van der Waals surface area contributed by atoms with Crippen molar-refractivity contribution in [1.82, 2.24) is 32.1 Å². The Hall–Kier alpha value is -3.97. The molecule has 47 heavy (non-hydrogen) atoms. The molecule has 258 valence electrons. The van der Waals surface area contributed by atoms with Crippen molar-refractivity contribution in [3.05, 3.63) is 71.3 Å². The topological polar surface area (TPSA) is 167 Å². The Kier molecular flexibility index (Phi) is 16.9. The summed E-state index contributed by atoms with van der Waals surface area (Å²) in [7, 11) is 1.72. The summed E-state index contributed by atoms with van der Waals surface area (Å²) in [6, 6.07) is 15.2. The Morgan fingerprint density at radius 3 is 2.06 bits per heavy atom. The number of carbonyl (C=O) groups is 5. The molecule has 2 aromatic rings. The third-order valence-electron chi connectivity index (χ3n) is 7.33. The molecule has 0 saturated heterocycles. The average Bonchev–Trinajstić information content (AvgIpc) is 3.03. The van der Waals surface area contributed by atoms with Gasteiger partial charge in [-0.25, -0.2) is 10.2 Å². The first-order valence-corrected chi connectivity index (χ1v) is 16.1. The van der Waals surface area contributed by atoms with Crippen molar-refractivity contribution in [3.8, 4) is 0 Å². The number of amides is 2. The van der Waals surface area contributed by atoms with Gasteiger partial charge in [-0.05, 0) is 77.8 Å². The highest BCUT2D eigenvalue weighted by atomic mass is 16.6. The molecule has 0 fully saturated rings. The van der Waals surface area contributed by atoms with Gasteiger partial charge in [-0.15, -0.1) is 0 Å². The van der Waals surface area contributed by atoms with Crippen LogP contribution in [0.15, 0.2) is 54.6 Å². The second-order valence-corrected chi connectivity index (χ2v) is 12.5. The van der Waals surface area contributed by atoms with Gasteiger partial charge >= 0.3 is 6.09 Å². The lowest BCUT2D eigenvalue weighted by Gasteiger charge is -2.20. The summed E-state index contributed by atoms with van der Waals surface area (Å²) >= 11 is 0. The molecule has 2 rings (SSSR count). The predicted molar refractivity (Wildman–Crippen MR) is 182 cm³/mol. The number of benzene rings is 2. The van der Waals surface area contributed by atoms with Gasteiger partial charge < -0.3 is 26.0 Å². The van der Waals surface area contributed by atoms with Crippen molar-refractivity contribution in [3.63, 3.8) is 0 Å². The standard InChI is InChI=1S/C35H52N6O6/c1-24(36-6)30(42)17-20-37-25(2)31(43)22-32(44)29(21-26-11-8-7-9-12-26)41-40-23-27-13-15-28(16-14-27)33(45)38-18-10-19-39-34(46)47-35(3,4)5/h7-9,11-16,24-25,29,36-37,40-41H,10,17-23H2,1-6H3,(H,38,45)(H,39,46)/t24-,25-,29-/m0/s1. The third kappa shape index (κ3) is 15.9. The van der Waals surface area contributed by atoms with Gasteiger partial charge in [0.1, 0.15) is 5.60 Å². The van der Waals surface area contributed by atoms with E-state index in [1.54, 1.807) is 53.8 Å². The van der Waals surface area contributed by atoms with Crippen molar-refractivity contribution in [1.29, 1.82) is 0 Å². The number of hydrogen-bond acceptors (Lipinski definition) is 10.